The highest BCUT2D eigenvalue weighted by molar-refractivity contribution is 7.80. The minimum Gasteiger partial charge on any atom is -0.352 e. The van der Waals surface area contributed by atoms with Gasteiger partial charge in [-0.05, 0) is 30.5 Å². The molecule has 1 aromatic rings. The van der Waals surface area contributed by atoms with Gasteiger partial charge in [0.25, 0.3) is 5.91 Å². The Hall–Kier alpha value is -0.960. The van der Waals surface area contributed by atoms with Gasteiger partial charge in [0, 0.05) is 17.0 Å². The summed E-state index contributed by atoms with van der Waals surface area (Å²) in [6.45, 7) is 5.15. The smallest absolute Gasteiger partial charge is 0.251 e. The van der Waals surface area contributed by atoms with Crippen molar-refractivity contribution in [2.75, 3.05) is 6.54 Å². The molecular weight excluding hydrogens is 242 g/mol. The minimum absolute atomic E-state index is 0.000786. The molecule has 18 heavy (non-hydrogen) atoms. The van der Waals surface area contributed by atoms with Crippen LogP contribution in [-0.4, -0.2) is 12.5 Å². The van der Waals surface area contributed by atoms with Gasteiger partial charge < -0.3 is 5.32 Å². The maximum Gasteiger partial charge on any atom is 0.251 e. The van der Waals surface area contributed by atoms with Gasteiger partial charge >= 0.3 is 0 Å². The van der Waals surface area contributed by atoms with Gasteiger partial charge in [0.2, 0.25) is 0 Å². The SMILES string of the molecule is CCCCC(CC)CNC(=O)c1cccc(S)c1. The van der Waals surface area contributed by atoms with Crippen LogP contribution >= 0.6 is 12.6 Å². The fourth-order valence-electron chi connectivity index (χ4n) is 1.93. The molecule has 1 rings (SSSR count). The lowest BCUT2D eigenvalue weighted by atomic mass is 9.99. The molecule has 0 bridgehead atoms. The quantitative estimate of drug-likeness (QED) is 0.719. The second-order valence-electron chi connectivity index (χ2n) is 4.68. The zero-order valence-electron chi connectivity index (χ0n) is 11.3. The number of carbonyl (C=O) groups excluding carboxylic acids is 1. The third-order valence-corrected chi connectivity index (χ3v) is 3.48. The monoisotopic (exact) mass is 265 g/mol. The number of amides is 1. The highest BCUT2D eigenvalue weighted by Gasteiger charge is 2.09. The molecule has 1 aromatic carbocycles. The molecule has 0 heterocycles. The van der Waals surface area contributed by atoms with Crippen LogP contribution in [0.4, 0.5) is 0 Å². The average Bonchev–Trinajstić information content (AvgIpc) is 2.38. The summed E-state index contributed by atoms with van der Waals surface area (Å²) < 4.78 is 0. The number of thiol groups is 1. The molecule has 100 valence electrons. The Kier molecular flexibility index (Phi) is 6.88. The van der Waals surface area contributed by atoms with Crippen molar-refractivity contribution in [1.29, 1.82) is 0 Å². The summed E-state index contributed by atoms with van der Waals surface area (Å²) in [4.78, 5) is 12.8. The van der Waals surface area contributed by atoms with Crippen LogP contribution in [0.3, 0.4) is 0 Å². The van der Waals surface area contributed by atoms with Crippen molar-refractivity contribution in [1.82, 2.24) is 5.32 Å². The molecule has 0 aliphatic rings. The molecule has 1 amide bonds. The van der Waals surface area contributed by atoms with Gasteiger partial charge in [0.05, 0.1) is 0 Å². The fraction of sp³-hybridized carbons (Fsp3) is 0.533. The van der Waals surface area contributed by atoms with Crippen molar-refractivity contribution in [3.8, 4) is 0 Å². The zero-order valence-corrected chi connectivity index (χ0v) is 12.2. The molecular formula is C15H23NOS. The van der Waals surface area contributed by atoms with Crippen LogP contribution in [0.5, 0.6) is 0 Å². The first-order chi connectivity index (χ1) is 8.67. The molecule has 2 nitrogen and oxygen atoms in total. The van der Waals surface area contributed by atoms with Gasteiger partial charge in [0.1, 0.15) is 0 Å². The largest absolute Gasteiger partial charge is 0.352 e. The number of benzene rings is 1. The first-order valence-electron chi connectivity index (χ1n) is 6.74. The molecule has 0 aliphatic heterocycles. The van der Waals surface area contributed by atoms with Crippen molar-refractivity contribution in [3.05, 3.63) is 29.8 Å². The van der Waals surface area contributed by atoms with E-state index < -0.39 is 0 Å². The van der Waals surface area contributed by atoms with E-state index in [1.807, 2.05) is 18.2 Å². The van der Waals surface area contributed by atoms with Gasteiger partial charge in [-0.2, -0.15) is 0 Å². The molecule has 0 saturated carbocycles. The Balaban J connectivity index is 2.44. The maximum absolute atomic E-state index is 11.9. The summed E-state index contributed by atoms with van der Waals surface area (Å²) in [7, 11) is 0. The molecule has 0 aliphatic carbocycles. The lowest BCUT2D eigenvalue weighted by molar-refractivity contribution is 0.0945. The van der Waals surface area contributed by atoms with Crippen molar-refractivity contribution in [2.24, 2.45) is 5.92 Å². The molecule has 0 spiro atoms. The van der Waals surface area contributed by atoms with E-state index in [9.17, 15) is 4.79 Å². The van der Waals surface area contributed by atoms with Gasteiger partial charge in [0.15, 0.2) is 0 Å². The number of hydrogen-bond acceptors (Lipinski definition) is 2. The third kappa shape index (κ3) is 5.13. The van der Waals surface area contributed by atoms with Crippen LogP contribution in [0.2, 0.25) is 0 Å². The average molecular weight is 265 g/mol. The highest BCUT2D eigenvalue weighted by Crippen LogP contribution is 2.12. The summed E-state index contributed by atoms with van der Waals surface area (Å²) >= 11 is 4.24. The fourth-order valence-corrected chi connectivity index (χ4v) is 2.15. The van der Waals surface area contributed by atoms with Crippen LogP contribution in [0.1, 0.15) is 49.9 Å². The molecule has 0 aromatic heterocycles. The topological polar surface area (TPSA) is 29.1 Å². The Labute approximate surface area is 116 Å². The van der Waals surface area contributed by atoms with Crippen LogP contribution in [-0.2, 0) is 0 Å². The Morgan fingerprint density at radius 1 is 1.39 bits per heavy atom. The van der Waals surface area contributed by atoms with E-state index in [1.54, 1.807) is 6.07 Å². The van der Waals surface area contributed by atoms with Gasteiger partial charge in [-0.15, -0.1) is 12.6 Å². The predicted molar refractivity (Wildman–Crippen MR) is 79.3 cm³/mol. The standard InChI is InChI=1S/C15H23NOS/c1-3-5-7-12(4-2)11-16-15(17)13-8-6-9-14(18)10-13/h6,8-10,12,18H,3-5,7,11H2,1-2H3,(H,16,17). The predicted octanol–water partition coefficient (Wildman–Crippen LogP) is 3.92. The Morgan fingerprint density at radius 3 is 2.78 bits per heavy atom. The lowest BCUT2D eigenvalue weighted by Gasteiger charge is -2.15. The van der Waals surface area contributed by atoms with E-state index in [4.69, 9.17) is 0 Å². The number of hydrogen-bond donors (Lipinski definition) is 2. The van der Waals surface area contributed by atoms with E-state index in [2.05, 4.69) is 31.8 Å². The summed E-state index contributed by atoms with van der Waals surface area (Å²) in [5.41, 5.74) is 0.688. The molecule has 0 radical (unpaired) electrons. The van der Waals surface area contributed by atoms with E-state index in [0.29, 0.717) is 11.5 Å². The number of nitrogens with one attached hydrogen (secondary N) is 1. The summed E-state index contributed by atoms with van der Waals surface area (Å²) in [6, 6.07) is 7.34. The number of unbranched alkanes of at least 4 members (excludes halogenated alkanes) is 1. The van der Waals surface area contributed by atoms with Gasteiger partial charge in [-0.3, -0.25) is 4.79 Å². The first kappa shape index (κ1) is 15.1. The summed E-state index contributed by atoms with van der Waals surface area (Å²) in [6.07, 6.45) is 4.76. The highest BCUT2D eigenvalue weighted by atomic mass is 32.1. The number of carbonyl (C=O) groups is 1. The molecule has 0 saturated heterocycles. The Morgan fingerprint density at radius 2 is 2.17 bits per heavy atom. The molecule has 0 fully saturated rings. The van der Waals surface area contributed by atoms with Crippen molar-refractivity contribution < 1.29 is 4.79 Å². The molecule has 1 N–H and O–H groups in total. The number of rotatable bonds is 7. The van der Waals surface area contributed by atoms with Crippen LogP contribution in [0.15, 0.2) is 29.2 Å². The van der Waals surface area contributed by atoms with Gasteiger partial charge in [-0.25, -0.2) is 0 Å². The van der Waals surface area contributed by atoms with E-state index in [1.165, 1.54) is 19.3 Å². The zero-order chi connectivity index (χ0) is 13.4. The van der Waals surface area contributed by atoms with Crippen molar-refractivity contribution >= 4 is 18.5 Å². The van der Waals surface area contributed by atoms with E-state index in [-0.39, 0.29) is 5.91 Å². The van der Waals surface area contributed by atoms with Crippen LogP contribution in [0.25, 0.3) is 0 Å². The summed E-state index contributed by atoms with van der Waals surface area (Å²) in [5.74, 6) is 0.592. The van der Waals surface area contributed by atoms with Gasteiger partial charge in [-0.1, -0.05) is 39.2 Å². The van der Waals surface area contributed by atoms with E-state index >= 15 is 0 Å². The lowest BCUT2D eigenvalue weighted by Crippen LogP contribution is -2.29. The van der Waals surface area contributed by atoms with Crippen LogP contribution < -0.4 is 5.32 Å². The minimum atomic E-state index is 0.000786. The van der Waals surface area contributed by atoms with E-state index in [0.717, 1.165) is 17.9 Å². The first-order valence-corrected chi connectivity index (χ1v) is 7.19. The normalized spacial score (nSPS) is 12.2. The third-order valence-electron chi connectivity index (χ3n) is 3.20. The van der Waals surface area contributed by atoms with Crippen molar-refractivity contribution in [2.45, 2.75) is 44.4 Å². The summed E-state index contributed by atoms with van der Waals surface area (Å²) in [5, 5.41) is 3.01. The van der Waals surface area contributed by atoms with Crippen LogP contribution in [0, 0.1) is 5.92 Å². The molecule has 3 heteroatoms. The second kappa shape index (κ2) is 8.20. The molecule has 1 atom stereocenters. The maximum atomic E-state index is 11.9. The molecule has 1 unspecified atom stereocenters. The van der Waals surface area contributed by atoms with Crippen molar-refractivity contribution in [3.63, 3.8) is 0 Å². The second-order valence-corrected chi connectivity index (χ2v) is 5.19. The Bertz CT molecular complexity index is 379.